The van der Waals surface area contributed by atoms with Gasteiger partial charge in [0.1, 0.15) is 0 Å². The van der Waals surface area contributed by atoms with Crippen LogP contribution in [-0.2, 0) is 6.42 Å². The van der Waals surface area contributed by atoms with Gasteiger partial charge in [-0.25, -0.2) is 4.98 Å². The van der Waals surface area contributed by atoms with Crippen molar-refractivity contribution in [2.24, 2.45) is 5.92 Å². The fourth-order valence-electron chi connectivity index (χ4n) is 2.15. The van der Waals surface area contributed by atoms with Crippen LogP contribution in [0.25, 0.3) is 0 Å². The van der Waals surface area contributed by atoms with E-state index in [1.165, 1.54) is 29.4 Å². The molecule has 16 heavy (non-hydrogen) atoms. The summed E-state index contributed by atoms with van der Waals surface area (Å²) in [6.45, 7) is 3.37. The molecule has 2 nitrogen and oxygen atoms in total. The summed E-state index contributed by atoms with van der Waals surface area (Å²) >= 11 is 3.89. The van der Waals surface area contributed by atoms with Gasteiger partial charge in [-0.3, -0.25) is 0 Å². The highest BCUT2D eigenvalue weighted by molar-refractivity contribution is 7.99. The lowest BCUT2D eigenvalue weighted by Crippen LogP contribution is -2.38. The molecule has 1 saturated heterocycles. The van der Waals surface area contributed by atoms with Crippen LogP contribution >= 0.6 is 23.1 Å². The molecule has 1 aromatic heterocycles. The molecule has 2 heterocycles. The molecule has 0 amide bonds. The van der Waals surface area contributed by atoms with Gasteiger partial charge in [0.05, 0.1) is 5.01 Å². The number of hydrogen-bond acceptors (Lipinski definition) is 4. The van der Waals surface area contributed by atoms with Gasteiger partial charge >= 0.3 is 0 Å². The van der Waals surface area contributed by atoms with Crippen molar-refractivity contribution in [3.63, 3.8) is 0 Å². The average molecular weight is 256 g/mol. The first-order chi connectivity index (χ1) is 7.90. The maximum absolute atomic E-state index is 4.41. The number of hydrogen-bond donors (Lipinski definition) is 1. The fourth-order valence-corrected chi connectivity index (χ4v) is 4.16. The molecular weight excluding hydrogens is 236 g/mol. The van der Waals surface area contributed by atoms with Crippen molar-refractivity contribution < 1.29 is 0 Å². The molecule has 2 unspecified atom stereocenters. The van der Waals surface area contributed by atoms with Crippen LogP contribution in [0.3, 0.4) is 0 Å². The minimum atomic E-state index is 0.640. The first kappa shape index (κ1) is 12.4. The van der Waals surface area contributed by atoms with Crippen LogP contribution in [0.2, 0.25) is 0 Å². The summed E-state index contributed by atoms with van der Waals surface area (Å²) < 4.78 is 0. The molecule has 2 atom stereocenters. The predicted molar refractivity (Wildman–Crippen MR) is 73.3 cm³/mol. The van der Waals surface area contributed by atoms with Crippen molar-refractivity contribution >= 4 is 23.1 Å². The summed E-state index contributed by atoms with van der Waals surface area (Å²) in [6.07, 6.45) is 5.62. The van der Waals surface area contributed by atoms with Gasteiger partial charge < -0.3 is 5.32 Å². The molecule has 2 rings (SSSR count). The molecule has 0 aromatic carbocycles. The number of nitrogens with one attached hydrogen (secondary N) is 1. The van der Waals surface area contributed by atoms with Crippen LogP contribution in [0, 0.1) is 5.92 Å². The van der Waals surface area contributed by atoms with Gasteiger partial charge in [0.25, 0.3) is 0 Å². The van der Waals surface area contributed by atoms with Gasteiger partial charge in [-0.05, 0) is 36.8 Å². The lowest BCUT2D eigenvalue weighted by atomic mass is 9.96. The second-order valence-electron chi connectivity index (χ2n) is 4.31. The lowest BCUT2D eigenvalue weighted by molar-refractivity contribution is 0.380. The minimum Gasteiger partial charge on any atom is -0.313 e. The van der Waals surface area contributed by atoms with E-state index in [0.717, 1.165) is 18.9 Å². The Morgan fingerprint density at radius 3 is 3.19 bits per heavy atom. The van der Waals surface area contributed by atoms with Crippen molar-refractivity contribution in [3.8, 4) is 0 Å². The average Bonchev–Trinajstić information content (AvgIpc) is 2.96. The quantitative estimate of drug-likeness (QED) is 0.847. The Kier molecular flexibility index (Phi) is 5.13. The Labute approximate surface area is 106 Å². The highest BCUT2D eigenvalue weighted by atomic mass is 32.2. The van der Waals surface area contributed by atoms with E-state index in [-0.39, 0.29) is 0 Å². The maximum atomic E-state index is 4.41. The van der Waals surface area contributed by atoms with E-state index in [0.29, 0.717) is 6.04 Å². The van der Waals surface area contributed by atoms with Crippen molar-refractivity contribution in [2.75, 3.05) is 18.1 Å². The van der Waals surface area contributed by atoms with Crippen molar-refractivity contribution in [1.82, 2.24) is 10.3 Å². The summed E-state index contributed by atoms with van der Waals surface area (Å²) in [7, 11) is 0. The van der Waals surface area contributed by atoms with Crippen molar-refractivity contribution in [3.05, 3.63) is 16.6 Å². The van der Waals surface area contributed by atoms with Gasteiger partial charge in [0.15, 0.2) is 0 Å². The first-order valence-electron chi connectivity index (χ1n) is 6.09. The molecule has 0 spiro atoms. The number of aromatic nitrogens is 1. The fraction of sp³-hybridized carbons (Fsp3) is 0.750. The van der Waals surface area contributed by atoms with Gasteiger partial charge in [-0.15, -0.1) is 11.3 Å². The monoisotopic (exact) mass is 256 g/mol. The number of thiazole rings is 1. The minimum absolute atomic E-state index is 0.640. The maximum Gasteiger partial charge on any atom is 0.0940 e. The molecule has 0 bridgehead atoms. The van der Waals surface area contributed by atoms with E-state index < -0.39 is 0 Å². The molecule has 1 aliphatic heterocycles. The highest BCUT2D eigenvalue weighted by Gasteiger charge is 2.25. The molecule has 90 valence electrons. The van der Waals surface area contributed by atoms with Gasteiger partial charge in [0, 0.05) is 24.0 Å². The summed E-state index contributed by atoms with van der Waals surface area (Å²) in [5.74, 6) is 3.51. The van der Waals surface area contributed by atoms with Crippen LogP contribution in [0.5, 0.6) is 0 Å². The zero-order valence-electron chi connectivity index (χ0n) is 9.82. The van der Waals surface area contributed by atoms with Crippen molar-refractivity contribution in [1.29, 1.82) is 0 Å². The summed E-state index contributed by atoms with van der Waals surface area (Å²) in [5.41, 5.74) is 0. The molecule has 0 aliphatic carbocycles. The Morgan fingerprint density at radius 2 is 2.56 bits per heavy atom. The third-order valence-corrected chi connectivity index (χ3v) is 5.06. The molecular formula is C12H20N2S2. The molecule has 1 fully saturated rings. The van der Waals surface area contributed by atoms with E-state index in [9.17, 15) is 0 Å². The highest BCUT2D eigenvalue weighted by Crippen LogP contribution is 2.28. The third-order valence-electron chi connectivity index (χ3n) is 3.07. The second kappa shape index (κ2) is 6.62. The molecule has 0 saturated carbocycles. The van der Waals surface area contributed by atoms with Crippen LogP contribution in [0.1, 0.15) is 24.8 Å². The predicted octanol–water partition coefficient (Wildman–Crippen LogP) is 2.81. The largest absolute Gasteiger partial charge is 0.313 e. The zero-order valence-corrected chi connectivity index (χ0v) is 11.4. The number of thioether (sulfide) groups is 1. The van der Waals surface area contributed by atoms with Crippen molar-refractivity contribution in [2.45, 2.75) is 32.2 Å². The van der Waals surface area contributed by atoms with E-state index >= 15 is 0 Å². The smallest absolute Gasteiger partial charge is 0.0940 e. The first-order valence-corrected chi connectivity index (χ1v) is 8.13. The molecule has 0 radical (unpaired) electrons. The molecule has 4 heteroatoms. The van der Waals surface area contributed by atoms with Crippen LogP contribution in [-0.4, -0.2) is 29.1 Å². The van der Waals surface area contributed by atoms with Crippen LogP contribution in [0.4, 0.5) is 0 Å². The van der Waals surface area contributed by atoms with E-state index in [1.54, 1.807) is 11.3 Å². The Balaban J connectivity index is 1.90. The standard InChI is InChI=1S/C12H20N2S2/c1-2-4-13-11(10-3-6-15-9-10)8-12-14-5-7-16-12/h5,7,10-11,13H,2-4,6,8-9H2,1H3. The zero-order chi connectivity index (χ0) is 11.2. The number of rotatable bonds is 6. The summed E-state index contributed by atoms with van der Waals surface area (Å²) in [4.78, 5) is 4.41. The summed E-state index contributed by atoms with van der Waals surface area (Å²) in [6, 6.07) is 0.640. The van der Waals surface area contributed by atoms with Gasteiger partial charge in [-0.1, -0.05) is 6.92 Å². The van der Waals surface area contributed by atoms with E-state index in [2.05, 4.69) is 34.4 Å². The molecule has 1 aromatic rings. The Hall–Kier alpha value is -0.0600. The van der Waals surface area contributed by atoms with Crippen LogP contribution < -0.4 is 5.32 Å². The van der Waals surface area contributed by atoms with E-state index in [1.807, 2.05) is 6.20 Å². The normalized spacial score (nSPS) is 22.4. The SMILES string of the molecule is CCCNC(Cc1nccs1)C1CCSC1. The van der Waals surface area contributed by atoms with Gasteiger partial charge in [-0.2, -0.15) is 11.8 Å². The third kappa shape index (κ3) is 3.47. The van der Waals surface area contributed by atoms with E-state index in [4.69, 9.17) is 0 Å². The lowest BCUT2D eigenvalue weighted by Gasteiger charge is -2.23. The Bertz CT molecular complexity index is 281. The molecule has 1 aliphatic rings. The summed E-state index contributed by atoms with van der Waals surface area (Å²) in [5, 5.41) is 7.06. The van der Waals surface area contributed by atoms with Gasteiger partial charge in [0.2, 0.25) is 0 Å². The topological polar surface area (TPSA) is 24.9 Å². The van der Waals surface area contributed by atoms with Crippen LogP contribution in [0.15, 0.2) is 11.6 Å². The number of nitrogens with zero attached hydrogens (tertiary/aromatic N) is 1. The second-order valence-corrected chi connectivity index (χ2v) is 6.44. The molecule has 1 N–H and O–H groups in total. The Morgan fingerprint density at radius 1 is 1.62 bits per heavy atom.